The van der Waals surface area contributed by atoms with E-state index < -0.39 is 0 Å². The van der Waals surface area contributed by atoms with Crippen LogP contribution in [0.5, 0.6) is 0 Å². The molecule has 1 aromatic carbocycles. The number of aromatic nitrogens is 1. The van der Waals surface area contributed by atoms with Gasteiger partial charge in [-0.25, -0.2) is 4.98 Å². The molecule has 2 aromatic rings. The molecule has 1 aliphatic heterocycles. The van der Waals surface area contributed by atoms with Crippen molar-refractivity contribution >= 4 is 23.5 Å². The molecule has 3 heteroatoms. The third-order valence-electron chi connectivity index (χ3n) is 2.26. The molecule has 0 N–H and O–H groups in total. The van der Waals surface area contributed by atoms with Gasteiger partial charge in [0.1, 0.15) is 5.03 Å². The molecule has 0 bridgehead atoms. The number of fused-ring (bicyclic) bond motifs is 2. The van der Waals surface area contributed by atoms with Crippen LogP contribution in [-0.4, -0.2) is 4.98 Å². The lowest BCUT2D eigenvalue weighted by Crippen LogP contribution is -1.91. The van der Waals surface area contributed by atoms with Gasteiger partial charge in [-0.3, -0.25) is 0 Å². The molecule has 1 aliphatic rings. The zero-order valence-corrected chi connectivity index (χ0v) is 9.86. The minimum Gasteiger partial charge on any atom is -0.248 e. The van der Waals surface area contributed by atoms with Crippen LogP contribution >= 0.6 is 23.5 Å². The molecule has 0 fully saturated rings. The lowest BCUT2D eigenvalue weighted by molar-refractivity contribution is 1.01. The Balaban J connectivity index is 2.11. The standard InChI is InChI=1S/C12H9NS2/c1-8-4-5-9-11(7-8)15-12-10(14-9)3-2-6-13-12/h2-7H,1H3. The molecule has 0 atom stereocenters. The molecule has 0 unspecified atom stereocenters. The lowest BCUT2D eigenvalue weighted by Gasteiger charge is -2.16. The number of hydrogen-bond donors (Lipinski definition) is 0. The molecule has 74 valence electrons. The Labute approximate surface area is 97.3 Å². The highest BCUT2D eigenvalue weighted by atomic mass is 32.2. The number of aryl methyl sites for hydroxylation is 1. The van der Waals surface area contributed by atoms with E-state index in [1.165, 1.54) is 20.2 Å². The molecule has 3 rings (SSSR count). The first-order valence-electron chi connectivity index (χ1n) is 4.74. The van der Waals surface area contributed by atoms with Crippen molar-refractivity contribution in [1.29, 1.82) is 0 Å². The zero-order chi connectivity index (χ0) is 10.3. The highest BCUT2D eigenvalue weighted by Crippen LogP contribution is 2.47. The highest BCUT2D eigenvalue weighted by Gasteiger charge is 2.17. The van der Waals surface area contributed by atoms with Crippen LogP contribution in [0.4, 0.5) is 0 Å². The van der Waals surface area contributed by atoms with Crippen molar-refractivity contribution in [3.63, 3.8) is 0 Å². The van der Waals surface area contributed by atoms with Crippen molar-refractivity contribution in [2.75, 3.05) is 0 Å². The predicted molar refractivity (Wildman–Crippen MR) is 63.7 cm³/mol. The maximum Gasteiger partial charge on any atom is 0.115 e. The van der Waals surface area contributed by atoms with E-state index in [2.05, 4.69) is 36.2 Å². The Morgan fingerprint density at radius 1 is 1.00 bits per heavy atom. The molecule has 15 heavy (non-hydrogen) atoms. The summed E-state index contributed by atoms with van der Waals surface area (Å²) in [4.78, 5) is 8.32. The molecule has 0 radical (unpaired) electrons. The fourth-order valence-corrected chi connectivity index (χ4v) is 3.76. The van der Waals surface area contributed by atoms with Crippen LogP contribution in [-0.2, 0) is 0 Å². The summed E-state index contributed by atoms with van der Waals surface area (Å²) >= 11 is 3.57. The molecule has 0 aliphatic carbocycles. The van der Waals surface area contributed by atoms with Crippen molar-refractivity contribution in [3.05, 3.63) is 42.1 Å². The van der Waals surface area contributed by atoms with E-state index in [9.17, 15) is 0 Å². The number of pyridine rings is 1. The van der Waals surface area contributed by atoms with Gasteiger partial charge >= 0.3 is 0 Å². The maximum absolute atomic E-state index is 4.39. The van der Waals surface area contributed by atoms with E-state index >= 15 is 0 Å². The molecule has 0 amide bonds. The van der Waals surface area contributed by atoms with Gasteiger partial charge < -0.3 is 0 Å². The fourth-order valence-electron chi connectivity index (χ4n) is 1.53. The van der Waals surface area contributed by atoms with Crippen LogP contribution < -0.4 is 0 Å². The number of hydrogen-bond acceptors (Lipinski definition) is 3. The second kappa shape index (κ2) is 3.58. The molecular formula is C12H9NS2. The average molecular weight is 231 g/mol. The largest absolute Gasteiger partial charge is 0.248 e. The van der Waals surface area contributed by atoms with Gasteiger partial charge in [0.25, 0.3) is 0 Å². The summed E-state index contributed by atoms with van der Waals surface area (Å²) in [5, 5.41) is 1.13. The number of benzene rings is 1. The summed E-state index contributed by atoms with van der Waals surface area (Å²) in [6.07, 6.45) is 1.85. The molecule has 0 saturated carbocycles. The van der Waals surface area contributed by atoms with Crippen molar-refractivity contribution in [3.8, 4) is 0 Å². The van der Waals surface area contributed by atoms with Gasteiger partial charge in [0, 0.05) is 20.9 Å². The summed E-state index contributed by atoms with van der Waals surface area (Å²) in [6, 6.07) is 10.7. The monoisotopic (exact) mass is 231 g/mol. The third-order valence-corrected chi connectivity index (χ3v) is 4.72. The van der Waals surface area contributed by atoms with Gasteiger partial charge in [0.05, 0.1) is 0 Å². The van der Waals surface area contributed by atoms with E-state index in [1.54, 1.807) is 11.8 Å². The summed E-state index contributed by atoms with van der Waals surface area (Å²) in [6.45, 7) is 2.12. The predicted octanol–water partition coefficient (Wildman–Crippen LogP) is 4.01. The lowest BCUT2D eigenvalue weighted by atomic mass is 10.2. The van der Waals surface area contributed by atoms with Crippen LogP contribution in [0.1, 0.15) is 5.56 Å². The molecule has 0 spiro atoms. The molecule has 0 saturated heterocycles. The van der Waals surface area contributed by atoms with E-state index in [-0.39, 0.29) is 0 Å². The first-order chi connectivity index (χ1) is 7.33. The van der Waals surface area contributed by atoms with Gasteiger partial charge in [-0.1, -0.05) is 29.6 Å². The van der Waals surface area contributed by atoms with Crippen molar-refractivity contribution in [2.45, 2.75) is 26.6 Å². The second-order valence-electron chi connectivity index (χ2n) is 3.46. The Morgan fingerprint density at radius 3 is 2.87 bits per heavy atom. The first kappa shape index (κ1) is 9.31. The van der Waals surface area contributed by atoms with E-state index in [0.29, 0.717) is 0 Å². The highest BCUT2D eigenvalue weighted by molar-refractivity contribution is 8.05. The SMILES string of the molecule is Cc1ccc2c(c1)Sc1ncccc1S2. The summed E-state index contributed by atoms with van der Waals surface area (Å²) in [5.74, 6) is 0. The molecular weight excluding hydrogens is 222 g/mol. The minimum absolute atomic E-state index is 1.13. The van der Waals surface area contributed by atoms with Crippen LogP contribution in [0.3, 0.4) is 0 Å². The van der Waals surface area contributed by atoms with Crippen molar-refractivity contribution < 1.29 is 0 Å². The van der Waals surface area contributed by atoms with Crippen LogP contribution in [0, 0.1) is 6.92 Å². The molecule has 1 aromatic heterocycles. The summed E-state index contributed by atoms with van der Waals surface area (Å²) in [7, 11) is 0. The number of nitrogens with zero attached hydrogens (tertiary/aromatic N) is 1. The molecule has 1 nitrogen and oxygen atoms in total. The zero-order valence-electron chi connectivity index (χ0n) is 8.23. The Kier molecular flexibility index (Phi) is 2.22. The Hall–Kier alpha value is -0.930. The van der Waals surface area contributed by atoms with Gasteiger partial charge in [0.15, 0.2) is 0 Å². The van der Waals surface area contributed by atoms with Gasteiger partial charge in [-0.2, -0.15) is 0 Å². The van der Waals surface area contributed by atoms with Gasteiger partial charge in [-0.05, 0) is 36.8 Å². The van der Waals surface area contributed by atoms with Crippen molar-refractivity contribution in [1.82, 2.24) is 4.98 Å². The second-order valence-corrected chi connectivity index (χ2v) is 5.58. The summed E-state index contributed by atoms with van der Waals surface area (Å²) in [5.41, 5.74) is 1.31. The van der Waals surface area contributed by atoms with Crippen LogP contribution in [0.2, 0.25) is 0 Å². The maximum atomic E-state index is 4.39. The third kappa shape index (κ3) is 1.66. The smallest absolute Gasteiger partial charge is 0.115 e. The van der Waals surface area contributed by atoms with Crippen LogP contribution in [0.25, 0.3) is 0 Å². The van der Waals surface area contributed by atoms with E-state index in [1.807, 2.05) is 24.0 Å². The van der Waals surface area contributed by atoms with E-state index in [0.717, 1.165) is 5.03 Å². The molecule has 2 heterocycles. The fraction of sp³-hybridized carbons (Fsp3) is 0.0833. The number of rotatable bonds is 0. The minimum atomic E-state index is 1.13. The topological polar surface area (TPSA) is 12.9 Å². The quantitative estimate of drug-likeness (QED) is 0.580. The van der Waals surface area contributed by atoms with Gasteiger partial charge in [-0.15, -0.1) is 0 Å². The first-order valence-corrected chi connectivity index (χ1v) is 6.37. The average Bonchev–Trinajstić information content (AvgIpc) is 2.26. The Bertz CT molecular complexity index is 523. The Morgan fingerprint density at radius 2 is 1.93 bits per heavy atom. The van der Waals surface area contributed by atoms with E-state index in [4.69, 9.17) is 0 Å². The van der Waals surface area contributed by atoms with Crippen LogP contribution in [0.15, 0.2) is 56.2 Å². The normalized spacial score (nSPS) is 13.1. The van der Waals surface area contributed by atoms with Gasteiger partial charge in [0.2, 0.25) is 0 Å². The van der Waals surface area contributed by atoms with Crippen molar-refractivity contribution in [2.24, 2.45) is 0 Å². The summed E-state index contributed by atoms with van der Waals surface area (Å²) < 4.78 is 0.